The number of aromatic hydroxyl groups is 1. The molecule has 0 saturated carbocycles. The summed E-state index contributed by atoms with van der Waals surface area (Å²) < 4.78 is 5.01. The second-order valence-electron chi connectivity index (χ2n) is 4.85. The van der Waals surface area contributed by atoms with E-state index in [4.69, 9.17) is 4.74 Å². The van der Waals surface area contributed by atoms with Gasteiger partial charge in [0.25, 0.3) is 0 Å². The van der Waals surface area contributed by atoms with E-state index in [-0.39, 0.29) is 24.4 Å². The fourth-order valence-corrected chi connectivity index (χ4v) is 2.10. The second kappa shape index (κ2) is 6.90. The number of methoxy groups -OCH3 is 1. The van der Waals surface area contributed by atoms with Gasteiger partial charge in [-0.05, 0) is 23.3 Å². The Bertz CT molecular complexity index is 607. The predicted octanol–water partition coefficient (Wildman–Crippen LogP) is 2.12. The SMILES string of the molecule is COc1cc(CC(O)C(=O)Cc2ccccc2)ccc1O. The maximum atomic E-state index is 12.0. The number of carbonyl (C=O) groups is 1. The zero-order chi connectivity index (χ0) is 15.2. The summed E-state index contributed by atoms with van der Waals surface area (Å²) in [5.41, 5.74) is 1.61. The van der Waals surface area contributed by atoms with Gasteiger partial charge in [0.15, 0.2) is 17.3 Å². The van der Waals surface area contributed by atoms with Gasteiger partial charge in [0.05, 0.1) is 7.11 Å². The van der Waals surface area contributed by atoms with Crippen molar-refractivity contribution < 1.29 is 19.7 Å². The monoisotopic (exact) mass is 286 g/mol. The number of carbonyl (C=O) groups excluding carboxylic acids is 1. The van der Waals surface area contributed by atoms with Crippen LogP contribution >= 0.6 is 0 Å². The van der Waals surface area contributed by atoms with E-state index in [0.717, 1.165) is 11.1 Å². The topological polar surface area (TPSA) is 66.8 Å². The molecular weight excluding hydrogens is 268 g/mol. The highest BCUT2D eigenvalue weighted by Crippen LogP contribution is 2.26. The highest BCUT2D eigenvalue weighted by molar-refractivity contribution is 5.85. The molecule has 1 atom stereocenters. The third kappa shape index (κ3) is 4.07. The minimum atomic E-state index is -1.07. The number of hydrogen-bond donors (Lipinski definition) is 2. The van der Waals surface area contributed by atoms with Gasteiger partial charge in [-0.3, -0.25) is 4.79 Å². The third-order valence-corrected chi connectivity index (χ3v) is 3.27. The number of benzene rings is 2. The van der Waals surface area contributed by atoms with Gasteiger partial charge in [0.1, 0.15) is 6.10 Å². The van der Waals surface area contributed by atoms with Gasteiger partial charge in [0.2, 0.25) is 0 Å². The van der Waals surface area contributed by atoms with Crippen molar-refractivity contribution in [2.24, 2.45) is 0 Å². The number of ketones is 1. The van der Waals surface area contributed by atoms with Crippen molar-refractivity contribution in [3.05, 3.63) is 59.7 Å². The Morgan fingerprint density at radius 1 is 1.14 bits per heavy atom. The molecule has 0 saturated heterocycles. The standard InChI is InChI=1S/C17H18O4/c1-21-17-11-13(7-8-14(17)18)10-16(20)15(19)9-12-5-3-2-4-6-12/h2-8,11,16,18,20H,9-10H2,1H3. The molecule has 2 aromatic carbocycles. The van der Waals surface area contributed by atoms with Gasteiger partial charge in [-0.25, -0.2) is 0 Å². The number of phenolic OH excluding ortho intramolecular Hbond substituents is 1. The first-order chi connectivity index (χ1) is 10.1. The average Bonchev–Trinajstić information content (AvgIpc) is 2.50. The molecule has 0 fully saturated rings. The molecule has 0 amide bonds. The van der Waals surface area contributed by atoms with E-state index in [0.29, 0.717) is 5.75 Å². The molecule has 0 spiro atoms. The van der Waals surface area contributed by atoms with Crippen molar-refractivity contribution in [1.82, 2.24) is 0 Å². The van der Waals surface area contributed by atoms with Crippen molar-refractivity contribution in [2.75, 3.05) is 7.11 Å². The van der Waals surface area contributed by atoms with E-state index in [1.165, 1.54) is 13.2 Å². The summed E-state index contributed by atoms with van der Waals surface area (Å²) in [6.45, 7) is 0. The van der Waals surface area contributed by atoms with Crippen LogP contribution in [0.25, 0.3) is 0 Å². The van der Waals surface area contributed by atoms with Crippen LogP contribution in [0.5, 0.6) is 11.5 Å². The Labute approximate surface area is 123 Å². The molecule has 21 heavy (non-hydrogen) atoms. The molecule has 0 aliphatic rings. The normalized spacial score (nSPS) is 11.9. The molecule has 0 aliphatic carbocycles. The lowest BCUT2D eigenvalue weighted by Gasteiger charge is -2.11. The van der Waals surface area contributed by atoms with Gasteiger partial charge in [-0.1, -0.05) is 36.4 Å². The lowest BCUT2D eigenvalue weighted by atomic mass is 10.00. The van der Waals surface area contributed by atoms with Crippen LogP contribution in [0.4, 0.5) is 0 Å². The molecule has 2 N–H and O–H groups in total. The molecule has 2 aromatic rings. The molecule has 1 unspecified atom stereocenters. The minimum absolute atomic E-state index is 0.0337. The Balaban J connectivity index is 2.00. The zero-order valence-electron chi connectivity index (χ0n) is 11.8. The highest BCUT2D eigenvalue weighted by atomic mass is 16.5. The van der Waals surface area contributed by atoms with E-state index in [1.807, 2.05) is 30.3 Å². The lowest BCUT2D eigenvalue weighted by molar-refractivity contribution is -0.126. The summed E-state index contributed by atoms with van der Waals surface area (Å²) in [5, 5.41) is 19.5. The van der Waals surface area contributed by atoms with Crippen molar-refractivity contribution in [3.8, 4) is 11.5 Å². The van der Waals surface area contributed by atoms with E-state index < -0.39 is 6.10 Å². The Morgan fingerprint density at radius 2 is 1.86 bits per heavy atom. The molecule has 0 bridgehead atoms. The number of Topliss-reactive ketones (excluding diaryl/α,β-unsaturated/α-hetero) is 1. The van der Waals surface area contributed by atoms with E-state index >= 15 is 0 Å². The number of phenols is 1. The molecule has 0 aliphatic heterocycles. The van der Waals surface area contributed by atoms with E-state index in [9.17, 15) is 15.0 Å². The Morgan fingerprint density at radius 3 is 2.52 bits per heavy atom. The van der Waals surface area contributed by atoms with E-state index in [1.54, 1.807) is 12.1 Å². The molecule has 0 aromatic heterocycles. The van der Waals surface area contributed by atoms with Crippen molar-refractivity contribution in [1.29, 1.82) is 0 Å². The number of rotatable bonds is 6. The van der Waals surface area contributed by atoms with Gasteiger partial charge in [-0.2, -0.15) is 0 Å². The van der Waals surface area contributed by atoms with Crippen LogP contribution in [0.1, 0.15) is 11.1 Å². The summed E-state index contributed by atoms with van der Waals surface area (Å²) in [7, 11) is 1.45. The average molecular weight is 286 g/mol. The second-order valence-corrected chi connectivity index (χ2v) is 4.85. The molecule has 0 radical (unpaired) electrons. The number of aliphatic hydroxyl groups is 1. The Hall–Kier alpha value is -2.33. The van der Waals surface area contributed by atoms with Crippen molar-refractivity contribution >= 4 is 5.78 Å². The van der Waals surface area contributed by atoms with Crippen LogP contribution in [0.15, 0.2) is 48.5 Å². The minimum Gasteiger partial charge on any atom is -0.504 e. The van der Waals surface area contributed by atoms with Gasteiger partial charge < -0.3 is 14.9 Å². The van der Waals surface area contributed by atoms with Crippen LogP contribution in [0, 0.1) is 0 Å². The fraction of sp³-hybridized carbons (Fsp3) is 0.235. The van der Waals surface area contributed by atoms with Crippen LogP contribution in [-0.4, -0.2) is 29.2 Å². The van der Waals surface area contributed by atoms with Crippen LogP contribution in [-0.2, 0) is 17.6 Å². The quantitative estimate of drug-likeness (QED) is 0.853. The van der Waals surface area contributed by atoms with E-state index in [2.05, 4.69) is 0 Å². The van der Waals surface area contributed by atoms with Crippen molar-refractivity contribution in [3.63, 3.8) is 0 Å². The predicted molar refractivity (Wildman–Crippen MR) is 79.5 cm³/mol. The number of aliphatic hydroxyl groups excluding tert-OH is 1. The summed E-state index contributed by atoms with van der Waals surface area (Å²) >= 11 is 0. The van der Waals surface area contributed by atoms with Gasteiger partial charge in [0, 0.05) is 12.8 Å². The molecular formula is C17H18O4. The Kier molecular flexibility index (Phi) is 4.95. The molecule has 0 heterocycles. The summed E-state index contributed by atoms with van der Waals surface area (Å²) in [4.78, 5) is 12.0. The van der Waals surface area contributed by atoms with Crippen LogP contribution < -0.4 is 4.74 Å². The number of ether oxygens (including phenoxy) is 1. The van der Waals surface area contributed by atoms with Crippen LogP contribution in [0.2, 0.25) is 0 Å². The lowest BCUT2D eigenvalue weighted by Crippen LogP contribution is -2.24. The first-order valence-electron chi connectivity index (χ1n) is 6.70. The largest absolute Gasteiger partial charge is 0.504 e. The maximum absolute atomic E-state index is 12.0. The molecule has 4 heteroatoms. The first kappa shape index (κ1) is 15.1. The highest BCUT2D eigenvalue weighted by Gasteiger charge is 2.16. The van der Waals surface area contributed by atoms with Crippen molar-refractivity contribution in [2.45, 2.75) is 18.9 Å². The van der Waals surface area contributed by atoms with Crippen LogP contribution in [0.3, 0.4) is 0 Å². The van der Waals surface area contributed by atoms with Gasteiger partial charge in [-0.15, -0.1) is 0 Å². The molecule has 110 valence electrons. The fourth-order valence-electron chi connectivity index (χ4n) is 2.10. The summed E-state index contributed by atoms with van der Waals surface area (Å²) in [6.07, 6.45) is -0.668. The molecule has 4 nitrogen and oxygen atoms in total. The molecule has 2 rings (SSSR count). The summed E-state index contributed by atoms with van der Waals surface area (Å²) in [5.74, 6) is 0.134. The number of hydrogen-bond acceptors (Lipinski definition) is 4. The third-order valence-electron chi connectivity index (χ3n) is 3.27. The zero-order valence-corrected chi connectivity index (χ0v) is 11.8. The first-order valence-corrected chi connectivity index (χ1v) is 6.70. The van der Waals surface area contributed by atoms with Gasteiger partial charge >= 0.3 is 0 Å². The maximum Gasteiger partial charge on any atom is 0.165 e. The summed E-state index contributed by atoms with van der Waals surface area (Å²) in [6, 6.07) is 14.1. The smallest absolute Gasteiger partial charge is 0.165 e.